The Bertz CT molecular complexity index is 2170. The average molecular weight is 1160 g/mol. The number of aliphatic hydroxyl groups is 8. The van der Waals surface area contributed by atoms with Crippen molar-refractivity contribution in [2.45, 2.75) is 269 Å². The first-order valence-electron chi connectivity index (χ1n) is 30.3. The molecular formula is C63H102O19. The Morgan fingerprint density at radius 3 is 1.56 bits per heavy atom. The van der Waals surface area contributed by atoms with Gasteiger partial charge in [-0.2, -0.15) is 0 Å². The van der Waals surface area contributed by atoms with Gasteiger partial charge in [-0.15, -0.1) is 0 Å². The molecule has 0 aromatic heterocycles. The topological polar surface area (TPSA) is 279 Å². The van der Waals surface area contributed by atoms with Gasteiger partial charge in [-0.1, -0.05) is 104 Å². The van der Waals surface area contributed by atoms with Crippen LogP contribution in [0.1, 0.15) is 154 Å². The molecule has 0 amide bonds. The monoisotopic (exact) mass is 1160 g/mol. The molecular weight excluding hydrogens is 1060 g/mol. The van der Waals surface area contributed by atoms with Crippen LogP contribution in [0.25, 0.3) is 0 Å². The minimum absolute atomic E-state index is 0.00375. The molecule has 5 aliphatic rings. The Kier molecular flexibility index (Phi) is 27.1. The van der Waals surface area contributed by atoms with Gasteiger partial charge in [0.2, 0.25) is 0 Å². The summed E-state index contributed by atoms with van der Waals surface area (Å²) < 4.78 is 56.1. The Labute approximate surface area is 487 Å². The number of carbonyl (C=O) groups excluding carboxylic acids is 2. The normalized spacial score (nSPS) is 43.7. The summed E-state index contributed by atoms with van der Waals surface area (Å²) in [6, 6.07) is 0. The molecule has 5 heterocycles. The fourth-order valence-electron chi connectivity index (χ4n) is 12.6. The summed E-state index contributed by atoms with van der Waals surface area (Å²) in [5.74, 6) is -6.99. The summed E-state index contributed by atoms with van der Waals surface area (Å²) in [5.41, 5.74) is 1.56. The van der Waals surface area contributed by atoms with Crippen LogP contribution in [-0.4, -0.2) is 176 Å². The molecule has 0 unspecified atom stereocenters. The van der Waals surface area contributed by atoms with E-state index in [1.54, 1.807) is 32.9 Å². The van der Waals surface area contributed by atoms with E-state index in [9.17, 15) is 50.4 Å². The molecule has 468 valence electrons. The van der Waals surface area contributed by atoms with Crippen LogP contribution >= 0.6 is 0 Å². The zero-order valence-electron chi connectivity index (χ0n) is 50.9. The fourth-order valence-corrected chi connectivity index (χ4v) is 12.6. The van der Waals surface area contributed by atoms with Crippen LogP contribution in [0.3, 0.4) is 0 Å². The Balaban J connectivity index is 1.39. The van der Waals surface area contributed by atoms with Gasteiger partial charge in [0.05, 0.1) is 54.9 Å². The SMILES string of the molecule is CCC1=C/C=C/[C@@H](CC)[C@@H]([C@H](C)[C@H](O)C[C@]2(O)C[C@@H](O[C@H]3C[C@H](O)[C@H](O)[C@@H](C)O3)[C@H](CC)[C@@H](C)O2)OC(=O)/C=C/C(CC)=C/C=C\[C@@H](CC)[C@@H]([C@H](C)[C@H](O)C[C@@]2(OC)C[C@@H](O[C@H]3O[C@H](C)[C@@H](O)[C@H](O)[C@H]3O)[C@@H](CC)[C@H](C)O2)OC(=O)\C=C\1. The molecule has 5 aliphatic heterocycles. The third kappa shape index (κ3) is 18.2. The van der Waals surface area contributed by atoms with Crippen LogP contribution in [0.2, 0.25) is 0 Å². The molecule has 4 saturated heterocycles. The summed E-state index contributed by atoms with van der Waals surface area (Å²) in [5, 5.41) is 88.9. The van der Waals surface area contributed by atoms with Crippen molar-refractivity contribution in [2.75, 3.05) is 7.11 Å². The second-order valence-corrected chi connectivity index (χ2v) is 23.7. The lowest BCUT2D eigenvalue weighted by molar-refractivity contribution is -0.351. The smallest absolute Gasteiger partial charge is 0.331 e. The lowest BCUT2D eigenvalue weighted by atomic mass is 9.80. The number of aliphatic hydroxyl groups excluding tert-OH is 7. The molecule has 0 radical (unpaired) electrons. The van der Waals surface area contributed by atoms with Crippen molar-refractivity contribution in [2.24, 2.45) is 35.5 Å². The lowest BCUT2D eigenvalue weighted by Crippen LogP contribution is -2.60. The number of cyclic esters (lactones) is 2. The summed E-state index contributed by atoms with van der Waals surface area (Å²) >= 11 is 0. The van der Waals surface area contributed by atoms with Crippen molar-refractivity contribution in [3.05, 3.63) is 71.9 Å². The molecule has 82 heavy (non-hydrogen) atoms. The molecule has 4 fully saturated rings. The van der Waals surface area contributed by atoms with Crippen LogP contribution in [-0.2, 0) is 52.2 Å². The highest BCUT2D eigenvalue weighted by Crippen LogP contribution is 2.44. The maximum absolute atomic E-state index is 14.0. The standard InChI is InChI=1S/C63H102O19/c1-14-41-22-20-24-43(16-3)59(35(7)48(65)31-62(73)33-50(45(18-5)37(9)81-62)77-54-30-47(64)55(69)39(11)75-54)79-52(67)28-26-42(15-2)23-21-25-44(17-4)60(80-53(68)29-27-41)36(8)49(66)32-63(74-13)34-51(46(19-6)38(10)82-63)78-61-58(72)57(71)56(70)40(12)76-61/h20-29,35-40,43-51,54-61,64-66,69-73H,14-19,30-34H2,1-13H3/b24-20+,25-21-,28-26+,29-27+,41-22-,42-23+/t35-,36-,37-,38+,39-,40-,43-,44-,45-,46+,47+,48-,49-,50-,51-,54+,55-,56-,57+,58-,59-,60-,61-,62-,63+/m1/s1. The minimum atomic E-state index is -1.84. The molecule has 0 aliphatic carbocycles. The number of hydrogen-bond donors (Lipinski definition) is 8. The Morgan fingerprint density at radius 1 is 0.598 bits per heavy atom. The van der Waals surface area contributed by atoms with Gasteiger partial charge in [0.1, 0.15) is 36.6 Å². The quantitative estimate of drug-likeness (QED) is 0.0625. The highest BCUT2D eigenvalue weighted by atomic mass is 16.7. The van der Waals surface area contributed by atoms with Gasteiger partial charge in [-0.3, -0.25) is 0 Å². The van der Waals surface area contributed by atoms with Crippen molar-refractivity contribution in [3.63, 3.8) is 0 Å². The highest BCUT2D eigenvalue weighted by molar-refractivity contribution is 5.83. The Hall–Kier alpha value is -3.22. The van der Waals surface area contributed by atoms with E-state index in [1.165, 1.54) is 19.3 Å². The maximum Gasteiger partial charge on any atom is 0.331 e. The van der Waals surface area contributed by atoms with Crippen LogP contribution < -0.4 is 0 Å². The molecule has 0 bridgehead atoms. The number of allylic oxidation sites excluding steroid dienone is 8. The van der Waals surface area contributed by atoms with Gasteiger partial charge < -0.3 is 83.5 Å². The molecule has 19 nitrogen and oxygen atoms in total. The first-order valence-corrected chi connectivity index (χ1v) is 30.3. The molecule has 8 N–H and O–H groups in total. The van der Waals surface area contributed by atoms with Gasteiger partial charge in [0, 0.05) is 86.9 Å². The predicted molar refractivity (Wildman–Crippen MR) is 306 cm³/mol. The maximum atomic E-state index is 14.0. The third-order valence-electron chi connectivity index (χ3n) is 18.0. The number of carbonyl (C=O) groups is 2. The van der Waals surface area contributed by atoms with Crippen molar-refractivity contribution < 1.29 is 93.1 Å². The van der Waals surface area contributed by atoms with E-state index in [0.717, 1.165) is 11.1 Å². The second-order valence-electron chi connectivity index (χ2n) is 23.7. The fraction of sp³-hybridized carbons (Fsp3) is 0.778. The first-order chi connectivity index (χ1) is 38.8. The summed E-state index contributed by atoms with van der Waals surface area (Å²) in [4.78, 5) is 27.9. The minimum Gasteiger partial charge on any atom is -0.458 e. The lowest BCUT2D eigenvalue weighted by Gasteiger charge is -2.49. The van der Waals surface area contributed by atoms with Crippen molar-refractivity contribution in [1.82, 2.24) is 0 Å². The van der Waals surface area contributed by atoms with Crippen LogP contribution in [0.5, 0.6) is 0 Å². The van der Waals surface area contributed by atoms with E-state index >= 15 is 0 Å². The summed E-state index contributed by atoms with van der Waals surface area (Å²) in [6.07, 6.45) is 4.49. The molecule has 0 saturated carbocycles. The van der Waals surface area contributed by atoms with Crippen LogP contribution in [0, 0.1) is 35.5 Å². The molecule has 0 aromatic rings. The van der Waals surface area contributed by atoms with Crippen molar-refractivity contribution in [1.29, 1.82) is 0 Å². The van der Waals surface area contributed by atoms with E-state index in [0.29, 0.717) is 38.5 Å². The zero-order valence-corrected chi connectivity index (χ0v) is 50.9. The average Bonchev–Trinajstić information content (AvgIpc) is 3.64. The predicted octanol–water partition coefficient (Wildman–Crippen LogP) is 6.70. The molecule has 0 spiro atoms. The van der Waals surface area contributed by atoms with Gasteiger partial charge in [0.25, 0.3) is 0 Å². The zero-order chi connectivity index (χ0) is 60.8. The number of ether oxygens (including phenoxy) is 9. The molecule has 25 atom stereocenters. The van der Waals surface area contributed by atoms with E-state index in [1.807, 2.05) is 98.8 Å². The van der Waals surface area contributed by atoms with Gasteiger partial charge >= 0.3 is 11.9 Å². The first kappa shape index (κ1) is 69.6. The van der Waals surface area contributed by atoms with Crippen LogP contribution in [0.4, 0.5) is 0 Å². The van der Waals surface area contributed by atoms with E-state index in [4.69, 9.17) is 42.6 Å². The number of esters is 2. The van der Waals surface area contributed by atoms with Crippen molar-refractivity contribution >= 4 is 11.9 Å². The van der Waals surface area contributed by atoms with E-state index in [2.05, 4.69) is 0 Å². The summed E-state index contributed by atoms with van der Waals surface area (Å²) in [7, 11) is 1.49. The molecule has 0 aromatic carbocycles. The van der Waals surface area contributed by atoms with Gasteiger partial charge in [-0.05, 0) is 77.4 Å². The Morgan fingerprint density at radius 2 is 1.09 bits per heavy atom. The second kappa shape index (κ2) is 32.0. The third-order valence-corrected chi connectivity index (χ3v) is 18.0. The highest BCUT2D eigenvalue weighted by Gasteiger charge is 2.52. The number of methoxy groups -OCH3 is 1. The number of rotatable bonds is 19. The van der Waals surface area contributed by atoms with Crippen molar-refractivity contribution in [3.8, 4) is 0 Å². The van der Waals surface area contributed by atoms with Gasteiger partial charge in [0.15, 0.2) is 24.2 Å². The van der Waals surface area contributed by atoms with E-state index < -0.39 is 151 Å². The van der Waals surface area contributed by atoms with E-state index in [-0.39, 0.29) is 43.9 Å². The van der Waals surface area contributed by atoms with Crippen LogP contribution in [0.15, 0.2) is 71.9 Å². The largest absolute Gasteiger partial charge is 0.458 e. The van der Waals surface area contributed by atoms with Gasteiger partial charge in [-0.25, -0.2) is 9.59 Å². The number of hydrogen-bond acceptors (Lipinski definition) is 19. The molecule has 5 rings (SSSR count). The molecule has 19 heteroatoms. The summed E-state index contributed by atoms with van der Waals surface area (Å²) in [6.45, 7) is 22.4.